The summed E-state index contributed by atoms with van der Waals surface area (Å²) < 4.78 is 10.5. The number of unbranched alkanes of at least 4 members (excludes halogenated alkanes) is 13. The fourth-order valence-corrected chi connectivity index (χ4v) is 4.59. The van der Waals surface area contributed by atoms with Crippen LogP contribution >= 0.6 is 0 Å². The Kier molecular flexibility index (Phi) is 33.2. The molecule has 1 N–H and O–H groups in total. The van der Waals surface area contributed by atoms with Crippen molar-refractivity contribution >= 4 is 11.9 Å². The molecular formula is C39H66O5. The molecule has 0 saturated heterocycles. The summed E-state index contributed by atoms with van der Waals surface area (Å²) in [7, 11) is 0. The summed E-state index contributed by atoms with van der Waals surface area (Å²) in [4.78, 5) is 24.1. The lowest BCUT2D eigenvalue weighted by Gasteiger charge is -2.15. The molecule has 0 aromatic carbocycles. The van der Waals surface area contributed by atoms with E-state index in [1.54, 1.807) is 0 Å². The zero-order valence-electron chi connectivity index (χ0n) is 28.4. The highest BCUT2D eigenvalue weighted by Gasteiger charge is 2.15. The lowest BCUT2D eigenvalue weighted by molar-refractivity contribution is -0.161. The van der Waals surface area contributed by atoms with Crippen LogP contribution in [0.15, 0.2) is 60.8 Å². The van der Waals surface area contributed by atoms with Crippen LogP contribution in [0.25, 0.3) is 0 Å². The van der Waals surface area contributed by atoms with Crippen molar-refractivity contribution in [3.63, 3.8) is 0 Å². The monoisotopic (exact) mass is 614 g/mol. The van der Waals surface area contributed by atoms with E-state index in [1.165, 1.54) is 77.0 Å². The molecule has 44 heavy (non-hydrogen) atoms. The van der Waals surface area contributed by atoms with E-state index in [2.05, 4.69) is 62.5 Å². The van der Waals surface area contributed by atoms with Crippen molar-refractivity contribution in [3.05, 3.63) is 60.8 Å². The highest BCUT2D eigenvalue weighted by molar-refractivity contribution is 5.70. The van der Waals surface area contributed by atoms with Crippen molar-refractivity contribution in [2.45, 2.75) is 161 Å². The molecule has 0 unspecified atom stereocenters. The van der Waals surface area contributed by atoms with Crippen LogP contribution in [0, 0.1) is 0 Å². The van der Waals surface area contributed by atoms with Crippen molar-refractivity contribution in [1.29, 1.82) is 0 Å². The summed E-state index contributed by atoms with van der Waals surface area (Å²) >= 11 is 0. The molecule has 0 saturated carbocycles. The molecule has 0 aromatic heterocycles. The van der Waals surface area contributed by atoms with Gasteiger partial charge in [0.1, 0.15) is 6.61 Å². The number of aliphatic hydroxyl groups is 1. The number of hydrogen-bond donors (Lipinski definition) is 1. The minimum absolute atomic E-state index is 0.0962. The van der Waals surface area contributed by atoms with Crippen molar-refractivity contribution in [3.8, 4) is 0 Å². The van der Waals surface area contributed by atoms with E-state index in [0.29, 0.717) is 12.8 Å². The van der Waals surface area contributed by atoms with Crippen molar-refractivity contribution in [2.24, 2.45) is 0 Å². The SMILES string of the molecule is CCCCC/C=C\C/C=C\C/C=C\C/C=C\C/C=C\CCC(=O)O[C@@H](CO)COC(=O)CCCCCCCCCCCCC. The van der Waals surface area contributed by atoms with Crippen LogP contribution < -0.4 is 0 Å². The Hall–Kier alpha value is -2.40. The molecule has 0 rings (SSSR count). The normalized spacial score (nSPS) is 12.9. The third-order valence-electron chi connectivity index (χ3n) is 7.33. The second kappa shape index (κ2) is 35.1. The number of aliphatic hydroxyl groups excluding tert-OH is 1. The van der Waals surface area contributed by atoms with Crippen LogP contribution in [-0.4, -0.2) is 36.4 Å². The van der Waals surface area contributed by atoms with Crippen LogP contribution in [0.3, 0.4) is 0 Å². The van der Waals surface area contributed by atoms with Crippen molar-refractivity contribution in [1.82, 2.24) is 0 Å². The van der Waals surface area contributed by atoms with Gasteiger partial charge in [-0.1, -0.05) is 152 Å². The van der Waals surface area contributed by atoms with Gasteiger partial charge in [0.05, 0.1) is 6.61 Å². The quantitative estimate of drug-likeness (QED) is 0.0478. The summed E-state index contributed by atoms with van der Waals surface area (Å²) in [5.41, 5.74) is 0. The predicted molar refractivity (Wildman–Crippen MR) is 187 cm³/mol. The van der Waals surface area contributed by atoms with Crippen LogP contribution in [0.4, 0.5) is 0 Å². The van der Waals surface area contributed by atoms with Crippen LogP contribution in [-0.2, 0) is 19.1 Å². The molecule has 0 fully saturated rings. The third-order valence-corrected chi connectivity index (χ3v) is 7.33. The average molecular weight is 615 g/mol. The van der Waals surface area contributed by atoms with Gasteiger partial charge in [0, 0.05) is 12.8 Å². The van der Waals surface area contributed by atoms with E-state index in [1.807, 2.05) is 12.2 Å². The molecule has 0 bridgehead atoms. The Morgan fingerprint density at radius 2 is 0.955 bits per heavy atom. The van der Waals surface area contributed by atoms with Gasteiger partial charge in [0.2, 0.25) is 0 Å². The van der Waals surface area contributed by atoms with Gasteiger partial charge in [0.25, 0.3) is 0 Å². The topological polar surface area (TPSA) is 72.8 Å². The van der Waals surface area contributed by atoms with Gasteiger partial charge in [-0.25, -0.2) is 0 Å². The molecule has 1 atom stereocenters. The number of esters is 2. The van der Waals surface area contributed by atoms with Gasteiger partial charge in [-0.15, -0.1) is 0 Å². The lowest BCUT2D eigenvalue weighted by Crippen LogP contribution is -2.28. The summed E-state index contributed by atoms with van der Waals surface area (Å²) in [5, 5.41) is 9.50. The maximum absolute atomic E-state index is 12.1. The zero-order valence-corrected chi connectivity index (χ0v) is 28.4. The zero-order chi connectivity index (χ0) is 32.2. The van der Waals surface area contributed by atoms with Gasteiger partial charge < -0.3 is 14.6 Å². The highest BCUT2D eigenvalue weighted by Crippen LogP contribution is 2.12. The van der Waals surface area contributed by atoms with Gasteiger partial charge >= 0.3 is 11.9 Å². The highest BCUT2D eigenvalue weighted by atomic mass is 16.6. The predicted octanol–water partition coefficient (Wildman–Crippen LogP) is 10.8. The minimum Gasteiger partial charge on any atom is -0.462 e. The Balaban J connectivity index is 3.74. The number of carbonyl (C=O) groups excluding carboxylic acids is 2. The summed E-state index contributed by atoms with van der Waals surface area (Å²) in [6.45, 7) is 4.02. The number of allylic oxidation sites excluding steroid dienone is 10. The fraction of sp³-hybridized carbons (Fsp3) is 0.692. The lowest BCUT2D eigenvalue weighted by atomic mass is 10.1. The van der Waals surface area contributed by atoms with Crippen LogP contribution in [0.5, 0.6) is 0 Å². The number of ether oxygens (including phenoxy) is 2. The van der Waals surface area contributed by atoms with Crippen LogP contribution in [0.2, 0.25) is 0 Å². The first kappa shape index (κ1) is 41.6. The Bertz CT molecular complexity index is 792. The maximum atomic E-state index is 12.1. The molecular weight excluding hydrogens is 548 g/mol. The molecule has 0 aromatic rings. The smallest absolute Gasteiger partial charge is 0.306 e. The molecule has 252 valence electrons. The van der Waals surface area contributed by atoms with Gasteiger partial charge in [-0.3, -0.25) is 9.59 Å². The second-order valence-corrected chi connectivity index (χ2v) is 11.6. The Morgan fingerprint density at radius 3 is 1.45 bits per heavy atom. The molecule has 0 aliphatic carbocycles. The molecule has 5 nitrogen and oxygen atoms in total. The van der Waals surface area contributed by atoms with E-state index < -0.39 is 12.1 Å². The number of rotatable bonds is 31. The first-order valence-electron chi connectivity index (χ1n) is 17.8. The first-order chi connectivity index (χ1) is 21.6. The molecule has 0 spiro atoms. The van der Waals surface area contributed by atoms with Crippen molar-refractivity contribution in [2.75, 3.05) is 13.2 Å². The summed E-state index contributed by atoms with van der Waals surface area (Å²) in [5.74, 6) is -0.692. The summed E-state index contributed by atoms with van der Waals surface area (Å²) in [6, 6.07) is 0. The number of hydrogen-bond acceptors (Lipinski definition) is 5. The fourth-order valence-electron chi connectivity index (χ4n) is 4.59. The average Bonchev–Trinajstić information content (AvgIpc) is 3.02. The Labute approximate surface area is 271 Å². The molecule has 0 aliphatic rings. The maximum Gasteiger partial charge on any atom is 0.306 e. The van der Waals surface area contributed by atoms with Gasteiger partial charge in [0.15, 0.2) is 6.10 Å². The molecule has 0 radical (unpaired) electrons. The molecule has 5 heteroatoms. The Morgan fingerprint density at radius 1 is 0.523 bits per heavy atom. The van der Waals surface area contributed by atoms with E-state index in [0.717, 1.165) is 44.9 Å². The summed E-state index contributed by atoms with van der Waals surface area (Å²) in [6.07, 6.45) is 44.3. The standard InChI is InChI=1S/C39H66O5/c1-3-5-7-9-11-13-15-16-17-18-19-20-21-22-24-26-28-30-32-34-39(42)44-37(35-40)36-43-38(41)33-31-29-27-25-23-14-12-10-8-6-4-2/h11,13,16-17,19-20,22,24,28,30,37,40H,3-10,12,14-15,18,21,23,25-27,29,31-36H2,1-2H3/b13-11-,17-16-,20-19-,24-22-,30-28-/t37-/m0/s1. The molecule has 0 aliphatic heterocycles. The van der Waals surface area contributed by atoms with E-state index >= 15 is 0 Å². The molecule has 0 heterocycles. The van der Waals surface area contributed by atoms with Crippen LogP contribution in [0.1, 0.15) is 155 Å². The van der Waals surface area contributed by atoms with E-state index in [9.17, 15) is 14.7 Å². The van der Waals surface area contributed by atoms with Gasteiger partial charge in [-0.05, 0) is 51.4 Å². The molecule has 0 amide bonds. The minimum atomic E-state index is -0.809. The third kappa shape index (κ3) is 32.5. The largest absolute Gasteiger partial charge is 0.462 e. The van der Waals surface area contributed by atoms with E-state index in [-0.39, 0.29) is 25.6 Å². The van der Waals surface area contributed by atoms with Gasteiger partial charge in [-0.2, -0.15) is 0 Å². The van der Waals surface area contributed by atoms with E-state index in [4.69, 9.17) is 9.47 Å². The van der Waals surface area contributed by atoms with Crippen molar-refractivity contribution < 1.29 is 24.2 Å². The first-order valence-corrected chi connectivity index (χ1v) is 17.8. The number of carbonyl (C=O) groups is 2. The second-order valence-electron chi connectivity index (χ2n) is 11.6.